The minimum absolute atomic E-state index is 0.108. The maximum atomic E-state index is 12.4. The van der Waals surface area contributed by atoms with E-state index in [9.17, 15) is 9.59 Å². The lowest BCUT2D eigenvalue weighted by Crippen LogP contribution is -2.39. The predicted molar refractivity (Wildman–Crippen MR) is 81.0 cm³/mol. The number of aromatic nitrogens is 2. The standard InChI is InChI=1S/C14H14Cl2N2O2/c1-3-11-12(16)17-14(20)18(13(11)19)8(2)9-5-4-6-10(15)7-9/h4-8H,3H2,1-2H3,(H,17,20). The number of H-pyrrole nitrogens is 1. The van der Waals surface area contributed by atoms with E-state index in [0.717, 1.165) is 10.1 Å². The third-order valence-corrected chi connectivity index (χ3v) is 3.81. The molecule has 1 atom stereocenters. The fourth-order valence-corrected chi connectivity index (χ4v) is 2.63. The topological polar surface area (TPSA) is 54.9 Å². The Labute approximate surface area is 126 Å². The van der Waals surface area contributed by atoms with E-state index < -0.39 is 11.7 Å². The number of nitrogens with zero attached hydrogens (tertiary/aromatic N) is 1. The normalized spacial score (nSPS) is 12.4. The van der Waals surface area contributed by atoms with Crippen molar-refractivity contribution in [1.29, 1.82) is 0 Å². The van der Waals surface area contributed by atoms with E-state index in [0.29, 0.717) is 17.0 Å². The van der Waals surface area contributed by atoms with Gasteiger partial charge in [-0.15, -0.1) is 0 Å². The van der Waals surface area contributed by atoms with Gasteiger partial charge in [0.1, 0.15) is 5.15 Å². The number of hydrogen-bond acceptors (Lipinski definition) is 2. The second-order valence-electron chi connectivity index (χ2n) is 4.48. The van der Waals surface area contributed by atoms with E-state index >= 15 is 0 Å². The summed E-state index contributed by atoms with van der Waals surface area (Å²) in [6.45, 7) is 3.59. The van der Waals surface area contributed by atoms with Gasteiger partial charge in [0.15, 0.2) is 0 Å². The lowest BCUT2D eigenvalue weighted by molar-refractivity contribution is 0.572. The molecule has 0 spiro atoms. The molecule has 1 N–H and O–H groups in total. The number of hydrogen-bond donors (Lipinski definition) is 1. The van der Waals surface area contributed by atoms with E-state index in [1.54, 1.807) is 25.1 Å². The van der Waals surface area contributed by atoms with Crippen LogP contribution in [0, 0.1) is 0 Å². The second-order valence-corrected chi connectivity index (χ2v) is 5.30. The monoisotopic (exact) mass is 312 g/mol. The molecule has 106 valence electrons. The Morgan fingerprint density at radius 3 is 2.60 bits per heavy atom. The van der Waals surface area contributed by atoms with Crippen molar-refractivity contribution < 1.29 is 0 Å². The van der Waals surface area contributed by atoms with Crippen LogP contribution in [0.15, 0.2) is 33.9 Å². The lowest BCUT2D eigenvalue weighted by Gasteiger charge is -2.16. The number of rotatable bonds is 3. The van der Waals surface area contributed by atoms with Crippen molar-refractivity contribution in [3.63, 3.8) is 0 Å². The van der Waals surface area contributed by atoms with Gasteiger partial charge < -0.3 is 0 Å². The zero-order chi connectivity index (χ0) is 14.9. The van der Waals surface area contributed by atoms with Crippen LogP contribution in [0.5, 0.6) is 0 Å². The summed E-state index contributed by atoms with van der Waals surface area (Å²) >= 11 is 11.8. The third-order valence-electron chi connectivity index (χ3n) is 3.25. The van der Waals surface area contributed by atoms with Gasteiger partial charge in [-0.25, -0.2) is 4.79 Å². The minimum atomic E-state index is -0.523. The summed E-state index contributed by atoms with van der Waals surface area (Å²) in [6.07, 6.45) is 0.455. The number of benzene rings is 1. The molecule has 0 amide bonds. The average Bonchev–Trinajstić information content (AvgIpc) is 2.38. The Morgan fingerprint density at radius 2 is 2.00 bits per heavy atom. The van der Waals surface area contributed by atoms with Gasteiger partial charge in [0, 0.05) is 5.02 Å². The van der Waals surface area contributed by atoms with Crippen molar-refractivity contribution >= 4 is 23.2 Å². The second kappa shape index (κ2) is 5.85. The van der Waals surface area contributed by atoms with Crippen molar-refractivity contribution in [1.82, 2.24) is 9.55 Å². The molecule has 0 aliphatic heterocycles. The Bertz CT molecular complexity index is 750. The smallest absolute Gasteiger partial charge is 0.297 e. The Morgan fingerprint density at radius 1 is 1.30 bits per heavy atom. The molecule has 6 heteroatoms. The summed E-state index contributed by atoms with van der Waals surface area (Å²) in [5.41, 5.74) is 0.299. The zero-order valence-corrected chi connectivity index (χ0v) is 12.6. The molecule has 0 radical (unpaired) electrons. The van der Waals surface area contributed by atoms with E-state index in [1.807, 2.05) is 13.0 Å². The van der Waals surface area contributed by atoms with Gasteiger partial charge in [0.25, 0.3) is 5.56 Å². The van der Waals surface area contributed by atoms with Crippen LogP contribution >= 0.6 is 23.2 Å². The van der Waals surface area contributed by atoms with Gasteiger partial charge in [-0.1, -0.05) is 42.3 Å². The molecule has 2 rings (SSSR count). The fourth-order valence-electron chi connectivity index (χ4n) is 2.13. The summed E-state index contributed by atoms with van der Waals surface area (Å²) in [7, 11) is 0. The highest BCUT2D eigenvalue weighted by atomic mass is 35.5. The first-order chi connectivity index (χ1) is 9.45. The molecule has 0 fully saturated rings. The Kier molecular flexibility index (Phi) is 4.35. The first-order valence-corrected chi connectivity index (χ1v) is 7.00. The van der Waals surface area contributed by atoms with Crippen LogP contribution in [0.25, 0.3) is 0 Å². The van der Waals surface area contributed by atoms with Gasteiger partial charge in [-0.2, -0.15) is 0 Å². The number of aromatic amines is 1. The van der Waals surface area contributed by atoms with Crippen LogP contribution in [-0.4, -0.2) is 9.55 Å². The molecule has 0 saturated heterocycles. The summed E-state index contributed by atoms with van der Waals surface area (Å²) in [4.78, 5) is 26.9. The summed E-state index contributed by atoms with van der Waals surface area (Å²) < 4.78 is 1.16. The Balaban J connectivity index is 2.64. The van der Waals surface area contributed by atoms with Crippen LogP contribution in [0.3, 0.4) is 0 Å². The van der Waals surface area contributed by atoms with E-state index in [-0.39, 0.29) is 10.7 Å². The highest BCUT2D eigenvalue weighted by Gasteiger charge is 2.17. The van der Waals surface area contributed by atoms with Gasteiger partial charge in [-0.05, 0) is 31.0 Å². The largest absolute Gasteiger partial charge is 0.330 e. The van der Waals surface area contributed by atoms with Crippen LogP contribution in [-0.2, 0) is 6.42 Å². The maximum Gasteiger partial charge on any atom is 0.330 e. The minimum Gasteiger partial charge on any atom is -0.297 e. The third kappa shape index (κ3) is 2.67. The molecule has 1 aromatic heterocycles. The SMILES string of the molecule is CCc1c(Cl)[nH]c(=O)n(C(C)c2cccc(Cl)c2)c1=O. The highest BCUT2D eigenvalue weighted by Crippen LogP contribution is 2.19. The molecule has 0 aliphatic rings. The predicted octanol–water partition coefficient (Wildman–Crippen LogP) is 3.02. The van der Waals surface area contributed by atoms with E-state index in [1.165, 1.54) is 0 Å². The fraction of sp³-hybridized carbons (Fsp3) is 0.286. The molecule has 20 heavy (non-hydrogen) atoms. The maximum absolute atomic E-state index is 12.4. The van der Waals surface area contributed by atoms with E-state index in [2.05, 4.69) is 4.98 Å². The Hall–Kier alpha value is -1.52. The van der Waals surface area contributed by atoms with Crippen molar-refractivity contribution in [2.45, 2.75) is 26.3 Å². The molecule has 2 aromatic rings. The molecule has 1 unspecified atom stereocenters. The molecule has 0 saturated carbocycles. The van der Waals surface area contributed by atoms with Crippen LogP contribution in [0.1, 0.15) is 31.0 Å². The number of halogens is 2. The van der Waals surface area contributed by atoms with Crippen molar-refractivity contribution in [2.24, 2.45) is 0 Å². The van der Waals surface area contributed by atoms with Gasteiger partial charge >= 0.3 is 5.69 Å². The summed E-state index contributed by atoms with van der Waals surface area (Å²) in [6, 6.07) is 6.65. The summed E-state index contributed by atoms with van der Waals surface area (Å²) in [5.74, 6) is 0. The zero-order valence-electron chi connectivity index (χ0n) is 11.1. The van der Waals surface area contributed by atoms with Gasteiger partial charge in [0.05, 0.1) is 11.6 Å². The van der Waals surface area contributed by atoms with Crippen molar-refractivity contribution in [3.8, 4) is 0 Å². The molecular formula is C14H14Cl2N2O2. The molecule has 1 aromatic carbocycles. The lowest BCUT2D eigenvalue weighted by atomic mass is 10.1. The highest BCUT2D eigenvalue weighted by molar-refractivity contribution is 6.30. The van der Waals surface area contributed by atoms with Crippen molar-refractivity contribution in [3.05, 3.63) is 66.4 Å². The van der Waals surface area contributed by atoms with Gasteiger partial charge in [0.2, 0.25) is 0 Å². The van der Waals surface area contributed by atoms with Crippen LogP contribution < -0.4 is 11.2 Å². The molecule has 1 heterocycles. The molecular weight excluding hydrogens is 299 g/mol. The molecule has 0 bridgehead atoms. The molecule has 0 aliphatic carbocycles. The average molecular weight is 313 g/mol. The first-order valence-electron chi connectivity index (χ1n) is 6.24. The van der Waals surface area contributed by atoms with E-state index in [4.69, 9.17) is 23.2 Å². The van der Waals surface area contributed by atoms with Crippen LogP contribution in [0.4, 0.5) is 0 Å². The number of nitrogens with one attached hydrogen (secondary N) is 1. The van der Waals surface area contributed by atoms with Crippen LogP contribution in [0.2, 0.25) is 10.2 Å². The van der Waals surface area contributed by atoms with Crippen molar-refractivity contribution in [2.75, 3.05) is 0 Å². The van der Waals surface area contributed by atoms with Gasteiger partial charge in [-0.3, -0.25) is 14.3 Å². The molecule has 4 nitrogen and oxygen atoms in total. The first kappa shape index (κ1) is 14.9. The summed E-state index contributed by atoms with van der Waals surface area (Å²) in [5, 5.41) is 0.667. The quantitative estimate of drug-likeness (QED) is 0.886.